The van der Waals surface area contributed by atoms with Gasteiger partial charge in [0.05, 0.1) is 0 Å². The lowest BCUT2D eigenvalue weighted by molar-refractivity contribution is 0.240. The predicted molar refractivity (Wildman–Crippen MR) is 81.2 cm³/mol. The highest BCUT2D eigenvalue weighted by atomic mass is 16.5. The molecular weight excluding hydrogens is 266 g/mol. The van der Waals surface area contributed by atoms with Gasteiger partial charge in [-0.3, -0.25) is 0 Å². The van der Waals surface area contributed by atoms with E-state index in [1.54, 1.807) is 0 Å². The maximum atomic E-state index is 5.83. The zero-order chi connectivity index (χ0) is 15.1. The zero-order valence-electron chi connectivity index (χ0n) is 13.0. The van der Waals surface area contributed by atoms with Crippen LogP contribution < -0.4 is 10.1 Å². The fourth-order valence-electron chi connectivity index (χ4n) is 2.02. The first-order valence-corrected chi connectivity index (χ1v) is 7.47. The maximum Gasteiger partial charge on any atom is 0.264 e. The number of ether oxygens (including phenoxy) is 1. The molecule has 0 spiro atoms. The lowest BCUT2D eigenvalue weighted by Gasteiger charge is -2.11. The summed E-state index contributed by atoms with van der Waals surface area (Å²) in [6, 6.07) is 6.18. The number of aromatic nitrogens is 2. The number of benzene rings is 1. The third-order valence-corrected chi connectivity index (χ3v) is 3.14. The predicted octanol–water partition coefficient (Wildman–Crippen LogP) is 3.02. The van der Waals surface area contributed by atoms with Crippen LogP contribution in [-0.4, -0.2) is 16.7 Å². The molecule has 1 aromatic heterocycles. The van der Waals surface area contributed by atoms with E-state index in [0.29, 0.717) is 18.3 Å². The van der Waals surface area contributed by atoms with Gasteiger partial charge in [-0.05, 0) is 26.0 Å². The molecule has 0 saturated heterocycles. The molecule has 0 aliphatic heterocycles. The standard InChI is InChI=1S/C16H23N3O2/c1-4-8-17-10-13-9-12(3)6-7-14(13)20-11-16-18-15(5-2)19-21-16/h6-7,9,17H,4-5,8,10-11H2,1-3H3. The zero-order valence-corrected chi connectivity index (χ0v) is 13.0. The van der Waals surface area contributed by atoms with Crippen LogP contribution >= 0.6 is 0 Å². The molecule has 0 aliphatic carbocycles. The van der Waals surface area contributed by atoms with Gasteiger partial charge in [-0.1, -0.05) is 36.7 Å². The molecule has 2 rings (SSSR count). The van der Waals surface area contributed by atoms with Gasteiger partial charge in [-0.25, -0.2) is 0 Å². The quantitative estimate of drug-likeness (QED) is 0.757. The van der Waals surface area contributed by atoms with Crippen LogP contribution in [0.5, 0.6) is 5.75 Å². The molecule has 0 unspecified atom stereocenters. The number of hydrogen-bond acceptors (Lipinski definition) is 5. The number of aryl methyl sites for hydroxylation is 2. The number of hydrogen-bond donors (Lipinski definition) is 1. The van der Waals surface area contributed by atoms with Crippen LogP contribution in [0.15, 0.2) is 22.7 Å². The van der Waals surface area contributed by atoms with Crippen molar-refractivity contribution in [3.8, 4) is 5.75 Å². The molecule has 114 valence electrons. The van der Waals surface area contributed by atoms with E-state index in [0.717, 1.165) is 37.2 Å². The summed E-state index contributed by atoms with van der Waals surface area (Å²) < 4.78 is 11.0. The van der Waals surface area contributed by atoms with Gasteiger partial charge in [-0.15, -0.1) is 0 Å². The van der Waals surface area contributed by atoms with E-state index in [-0.39, 0.29) is 0 Å². The smallest absolute Gasteiger partial charge is 0.264 e. The van der Waals surface area contributed by atoms with Crippen molar-refractivity contribution in [3.05, 3.63) is 41.0 Å². The summed E-state index contributed by atoms with van der Waals surface area (Å²) in [6.45, 7) is 8.33. The maximum absolute atomic E-state index is 5.83. The minimum Gasteiger partial charge on any atom is -0.483 e. The Hall–Kier alpha value is -1.88. The van der Waals surface area contributed by atoms with Gasteiger partial charge in [0, 0.05) is 18.5 Å². The minimum absolute atomic E-state index is 0.302. The van der Waals surface area contributed by atoms with Crippen LogP contribution in [0.25, 0.3) is 0 Å². The molecule has 0 radical (unpaired) electrons. The Morgan fingerprint density at radius 3 is 2.86 bits per heavy atom. The topological polar surface area (TPSA) is 60.2 Å². The molecule has 0 aliphatic rings. The van der Waals surface area contributed by atoms with E-state index >= 15 is 0 Å². The Kier molecular flexibility index (Phi) is 5.75. The van der Waals surface area contributed by atoms with E-state index in [1.807, 2.05) is 19.1 Å². The average Bonchev–Trinajstić information content (AvgIpc) is 2.95. The third-order valence-electron chi connectivity index (χ3n) is 3.14. The Labute approximate surface area is 125 Å². The minimum atomic E-state index is 0.302. The van der Waals surface area contributed by atoms with Gasteiger partial charge < -0.3 is 14.6 Å². The fraction of sp³-hybridized carbons (Fsp3) is 0.500. The first-order chi connectivity index (χ1) is 10.2. The van der Waals surface area contributed by atoms with Crippen molar-refractivity contribution >= 4 is 0 Å². The molecule has 1 N–H and O–H groups in total. The Balaban J connectivity index is 2.00. The van der Waals surface area contributed by atoms with E-state index in [9.17, 15) is 0 Å². The molecule has 2 aromatic rings. The van der Waals surface area contributed by atoms with Crippen molar-refractivity contribution in [2.75, 3.05) is 6.54 Å². The molecule has 0 atom stereocenters. The average molecular weight is 289 g/mol. The van der Waals surface area contributed by atoms with Gasteiger partial charge in [0.25, 0.3) is 5.89 Å². The summed E-state index contributed by atoms with van der Waals surface area (Å²) in [4.78, 5) is 4.25. The fourth-order valence-corrected chi connectivity index (χ4v) is 2.02. The van der Waals surface area contributed by atoms with Gasteiger partial charge in [0.15, 0.2) is 12.4 Å². The van der Waals surface area contributed by atoms with Crippen LogP contribution in [0.3, 0.4) is 0 Å². The van der Waals surface area contributed by atoms with Gasteiger partial charge in [-0.2, -0.15) is 4.98 Å². The second-order valence-electron chi connectivity index (χ2n) is 5.03. The molecule has 1 heterocycles. The largest absolute Gasteiger partial charge is 0.483 e. The van der Waals surface area contributed by atoms with Crippen LogP contribution in [0.2, 0.25) is 0 Å². The van der Waals surface area contributed by atoms with Gasteiger partial charge >= 0.3 is 0 Å². The number of rotatable bonds is 8. The first kappa shape index (κ1) is 15.5. The van der Waals surface area contributed by atoms with Crippen molar-refractivity contribution in [2.24, 2.45) is 0 Å². The van der Waals surface area contributed by atoms with Crippen LogP contribution in [-0.2, 0) is 19.6 Å². The summed E-state index contributed by atoms with van der Waals surface area (Å²) in [5, 5.41) is 7.26. The van der Waals surface area contributed by atoms with Crippen molar-refractivity contribution in [1.29, 1.82) is 0 Å². The second kappa shape index (κ2) is 7.78. The summed E-state index contributed by atoms with van der Waals surface area (Å²) in [5.74, 6) is 2.09. The number of nitrogens with zero attached hydrogens (tertiary/aromatic N) is 2. The summed E-state index contributed by atoms with van der Waals surface area (Å²) in [7, 11) is 0. The lowest BCUT2D eigenvalue weighted by Crippen LogP contribution is -2.14. The van der Waals surface area contributed by atoms with Crippen LogP contribution in [0, 0.1) is 6.92 Å². The third kappa shape index (κ3) is 4.56. The molecule has 0 fully saturated rings. The molecule has 21 heavy (non-hydrogen) atoms. The summed E-state index contributed by atoms with van der Waals surface area (Å²) >= 11 is 0. The molecular formula is C16H23N3O2. The Morgan fingerprint density at radius 2 is 2.14 bits per heavy atom. The SMILES string of the molecule is CCCNCc1cc(C)ccc1OCc1nc(CC)no1. The normalized spacial score (nSPS) is 10.8. The van der Waals surface area contributed by atoms with Crippen molar-refractivity contribution in [2.45, 2.75) is 46.8 Å². The van der Waals surface area contributed by atoms with E-state index in [1.165, 1.54) is 5.56 Å². The lowest BCUT2D eigenvalue weighted by atomic mass is 10.1. The molecule has 0 amide bonds. The van der Waals surface area contributed by atoms with Crippen LogP contribution in [0.1, 0.15) is 43.1 Å². The van der Waals surface area contributed by atoms with Crippen molar-refractivity contribution in [3.63, 3.8) is 0 Å². The monoisotopic (exact) mass is 289 g/mol. The highest BCUT2D eigenvalue weighted by Gasteiger charge is 2.08. The van der Waals surface area contributed by atoms with Crippen molar-refractivity contribution in [1.82, 2.24) is 15.5 Å². The van der Waals surface area contributed by atoms with E-state index in [4.69, 9.17) is 9.26 Å². The molecule has 1 aromatic carbocycles. The molecule has 0 bridgehead atoms. The van der Waals surface area contributed by atoms with Crippen molar-refractivity contribution < 1.29 is 9.26 Å². The second-order valence-corrected chi connectivity index (χ2v) is 5.03. The number of nitrogens with one attached hydrogen (secondary N) is 1. The molecule has 0 saturated carbocycles. The molecule has 5 nitrogen and oxygen atoms in total. The molecule has 5 heteroatoms. The van der Waals surface area contributed by atoms with E-state index in [2.05, 4.69) is 35.4 Å². The summed E-state index contributed by atoms with van der Waals surface area (Å²) in [6.07, 6.45) is 1.88. The first-order valence-electron chi connectivity index (χ1n) is 7.47. The van der Waals surface area contributed by atoms with Gasteiger partial charge in [0.2, 0.25) is 0 Å². The Bertz CT molecular complexity index is 566. The van der Waals surface area contributed by atoms with Gasteiger partial charge in [0.1, 0.15) is 5.75 Å². The van der Waals surface area contributed by atoms with E-state index < -0.39 is 0 Å². The Morgan fingerprint density at radius 1 is 1.29 bits per heavy atom. The highest BCUT2D eigenvalue weighted by molar-refractivity contribution is 5.36. The highest BCUT2D eigenvalue weighted by Crippen LogP contribution is 2.21. The van der Waals surface area contributed by atoms with Crippen LogP contribution in [0.4, 0.5) is 0 Å². The summed E-state index contributed by atoms with van der Waals surface area (Å²) in [5.41, 5.74) is 2.38.